The topological polar surface area (TPSA) is 75.1 Å². The minimum Gasteiger partial charge on any atom is -0.370 e. The van der Waals surface area contributed by atoms with Crippen molar-refractivity contribution in [3.63, 3.8) is 0 Å². The largest absolute Gasteiger partial charge is 0.370 e. The molecule has 0 aliphatic carbocycles. The second-order valence-corrected chi connectivity index (χ2v) is 6.40. The summed E-state index contributed by atoms with van der Waals surface area (Å²) >= 11 is 0. The maximum atomic E-state index is 13.3. The highest BCUT2D eigenvalue weighted by molar-refractivity contribution is 5.96. The monoisotopic (exact) mass is 351 g/mol. The number of hydrogen-bond acceptors (Lipinski definition) is 3. The lowest BCUT2D eigenvalue weighted by molar-refractivity contribution is -0.906. The molecule has 3 rings (SSSR count). The summed E-state index contributed by atoms with van der Waals surface area (Å²) in [6.07, 6.45) is 0.221. The summed E-state index contributed by atoms with van der Waals surface area (Å²) in [7, 11) is 0. The Kier molecular flexibility index (Phi) is 5.83. The van der Waals surface area contributed by atoms with Gasteiger partial charge in [0.15, 0.2) is 0 Å². The molecule has 2 fully saturated rings. The number of morpholine rings is 1. The Morgan fingerprint density at radius 3 is 2.92 bits per heavy atom. The molecule has 7 nitrogen and oxygen atoms in total. The first-order valence-corrected chi connectivity index (χ1v) is 8.63. The summed E-state index contributed by atoms with van der Waals surface area (Å²) in [4.78, 5) is 27.0. The fourth-order valence-corrected chi connectivity index (χ4v) is 3.20. The van der Waals surface area contributed by atoms with Gasteiger partial charge in [-0.2, -0.15) is 0 Å². The molecule has 25 heavy (non-hydrogen) atoms. The molecule has 8 heteroatoms. The number of benzene rings is 1. The number of urea groups is 1. The zero-order valence-electron chi connectivity index (χ0n) is 14.1. The van der Waals surface area contributed by atoms with Crippen LogP contribution in [0.2, 0.25) is 0 Å². The fraction of sp³-hybridized carbons (Fsp3) is 0.529. The van der Waals surface area contributed by atoms with E-state index >= 15 is 0 Å². The van der Waals surface area contributed by atoms with Crippen molar-refractivity contribution in [3.05, 3.63) is 30.1 Å². The van der Waals surface area contributed by atoms with E-state index in [-0.39, 0.29) is 30.2 Å². The van der Waals surface area contributed by atoms with Crippen LogP contribution in [0, 0.1) is 5.82 Å². The van der Waals surface area contributed by atoms with E-state index in [0.29, 0.717) is 18.8 Å². The molecule has 1 atom stereocenters. The molecule has 1 aromatic carbocycles. The predicted molar refractivity (Wildman–Crippen MR) is 90.1 cm³/mol. The lowest BCUT2D eigenvalue weighted by Crippen LogP contribution is -3.14. The van der Waals surface area contributed by atoms with Crippen LogP contribution >= 0.6 is 0 Å². The Morgan fingerprint density at radius 2 is 2.16 bits per heavy atom. The number of carbonyl (C=O) groups excluding carboxylic acids is 2. The van der Waals surface area contributed by atoms with Crippen LogP contribution in [0.4, 0.5) is 14.9 Å². The Labute approximate surface area is 146 Å². The third kappa shape index (κ3) is 4.90. The van der Waals surface area contributed by atoms with Gasteiger partial charge < -0.3 is 25.2 Å². The number of nitrogens with zero attached hydrogens (tertiary/aromatic N) is 1. The lowest BCUT2D eigenvalue weighted by atomic mass is 10.2. The van der Waals surface area contributed by atoms with Crippen molar-refractivity contribution in [2.75, 3.05) is 50.8 Å². The van der Waals surface area contributed by atoms with E-state index in [1.165, 1.54) is 21.9 Å². The van der Waals surface area contributed by atoms with E-state index in [1.54, 1.807) is 12.1 Å². The second kappa shape index (κ2) is 8.26. The maximum Gasteiger partial charge on any atom is 0.315 e. The third-order valence-corrected chi connectivity index (χ3v) is 4.54. The quantitative estimate of drug-likeness (QED) is 0.647. The average molecular weight is 351 g/mol. The molecular weight excluding hydrogens is 327 g/mol. The van der Waals surface area contributed by atoms with E-state index in [9.17, 15) is 14.0 Å². The van der Waals surface area contributed by atoms with Crippen molar-refractivity contribution < 1.29 is 23.6 Å². The molecular formula is C17H24FN4O3+. The van der Waals surface area contributed by atoms with Gasteiger partial charge in [0, 0.05) is 18.7 Å². The molecule has 3 amide bonds. The average Bonchev–Trinajstić information content (AvgIpc) is 2.96. The minimum atomic E-state index is -0.384. The number of hydrogen-bond donors (Lipinski definition) is 3. The van der Waals surface area contributed by atoms with Gasteiger partial charge in [-0.25, -0.2) is 9.18 Å². The van der Waals surface area contributed by atoms with E-state index in [1.807, 2.05) is 0 Å². The van der Waals surface area contributed by atoms with Crippen LogP contribution in [-0.2, 0) is 9.53 Å². The van der Waals surface area contributed by atoms with E-state index < -0.39 is 0 Å². The van der Waals surface area contributed by atoms with Gasteiger partial charge in [0.25, 0.3) is 0 Å². The van der Waals surface area contributed by atoms with Gasteiger partial charge in [-0.1, -0.05) is 6.07 Å². The first kappa shape index (κ1) is 17.6. The van der Waals surface area contributed by atoms with Crippen LogP contribution in [0.15, 0.2) is 24.3 Å². The first-order chi connectivity index (χ1) is 12.1. The maximum absolute atomic E-state index is 13.3. The molecule has 136 valence electrons. The molecule has 2 aliphatic rings. The lowest BCUT2D eigenvalue weighted by Gasteiger charge is -2.23. The Bertz CT molecular complexity index is 622. The molecule has 2 aliphatic heterocycles. The number of carbonyl (C=O) groups is 2. The highest BCUT2D eigenvalue weighted by Gasteiger charge is 2.31. The van der Waals surface area contributed by atoms with Crippen LogP contribution in [0.25, 0.3) is 0 Å². The van der Waals surface area contributed by atoms with Gasteiger partial charge in [-0.05, 0) is 18.2 Å². The van der Waals surface area contributed by atoms with Crippen LogP contribution in [-0.4, -0.2) is 63.9 Å². The Morgan fingerprint density at radius 1 is 1.36 bits per heavy atom. The van der Waals surface area contributed by atoms with Gasteiger partial charge in [-0.15, -0.1) is 0 Å². The second-order valence-electron chi connectivity index (χ2n) is 6.40. The van der Waals surface area contributed by atoms with E-state index in [4.69, 9.17) is 4.74 Å². The Hall–Kier alpha value is -2.19. The van der Waals surface area contributed by atoms with E-state index in [2.05, 4.69) is 10.6 Å². The van der Waals surface area contributed by atoms with Crippen LogP contribution in [0.5, 0.6) is 0 Å². The van der Waals surface area contributed by atoms with Crippen molar-refractivity contribution in [1.29, 1.82) is 0 Å². The zero-order valence-corrected chi connectivity index (χ0v) is 14.1. The Balaban J connectivity index is 1.42. The molecule has 2 saturated heterocycles. The van der Waals surface area contributed by atoms with Gasteiger partial charge in [0.2, 0.25) is 5.91 Å². The van der Waals surface area contributed by atoms with Crippen molar-refractivity contribution in [3.8, 4) is 0 Å². The summed E-state index contributed by atoms with van der Waals surface area (Å²) in [5.41, 5.74) is 0.519. The van der Waals surface area contributed by atoms with Gasteiger partial charge in [-0.3, -0.25) is 4.79 Å². The standard InChI is InChI=1S/C17H23FN4O3/c18-13-2-1-3-15(10-13)22-12-14(11-16(22)23)20-17(24)19-4-5-21-6-8-25-9-7-21/h1-3,10,14H,4-9,11-12H2,(H2,19,20,24)/p+1/t14-/m1/s1. The van der Waals surface area contributed by atoms with Crippen molar-refractivity contribution in [2.45, 2.75) is 12.5 Å². The normalized spacial score (nSPS) is 21.4. The zero-order chi connectivity index (χ0) is 17.6. The molecule has 3 N–H and O–H groups in total. The molecule has 0 saturated carbocycles. The summed E-state index contributed by atoms with van der Waals surface area (Å²) < 4.78 is 18.6. The van der Waals surface area contributed by atoms with Gasteiger partial charge >= 0.3 is 6.03 Å². The highest BCUT2D eigenvalue weighted by Crippen LogP contribution is 2.22. The SMILES string of the molecule is O=C(NCC[NH+]1CCOCC1)N[C@@H]1CC(=O)N(c2cccc(F)c2)C1. The smallest absolute Gasteiger partial charge is 0.315 e. The molecule has 0 bridgehead atoms. The molecule has 0 spiro atoms. The molecule has 0 aromatic heterocycles. The van der Waals surface area contributed by atoms with Crippen molar-refractivity contribution in [1.82, 2.24) is 10.6 Å². The van der Waals surface area contributed by atoms with Crippen LogP contribution in [0.3, 0.4) is 0 Å². The highest BCUT2D eigenvalue weighted by atomic mass is 19.1. The van der Waals surface area contributed by atoms with Crippen molar-refractivity contribution in [2.24, 2.45) is 0 Å². The summed E-state index contributed by atoms with van der Waals surface area (Å²) in [6, 6.07) is 5.38. The number of quaternary nitrogens is 1. The summed E-state index contributed by atoms with van der Waals surface area (Å²) in [5.74, 6) is -0.501. The number of amides is 3. The van der Waals surface area contributed by atoms with Gasteiger partial charge in [0.1, 0.15) is 18.9 Å². The van der Waals surface area contributed by atoms with Crippen molar-refractivity contribution >= 4 is 17.6 Å². The third-order valence-electron chi connectivity index (χ3n) is 4.54. The first-order valence-electron chi connectivity index (χ1n) is 8.63. The minimum absolute atomic E-state index is 0.117. The molecule has 0 unspecified atom stereocenters. The number of anilines is 1. The summed E-state index contributed by atoms with van der Waals surface area (Å²) in [5, 5.41) is 5.66. The van der Waals surface area contributed by atoms with E-state index in [0.717, 1.165) is 32.8 Å². The number of rotatable bonds is 5. The number of nitrogens with one attached hydrogen (secondary N) is 3. The predicted octanol–water partition coefficient (Wildman–Crippen LogP) is -0.855. The van der Waals surface area contributed by atoms with Crippen LogP contribution < -0.4 is 20.4 Å². The fourth-order valence-electron chi connectivity index (χ4n) is 3.20. The van der Waals surface area contributed by atoms with Gasteiger partial charge in [0.05, 0.1) is 32.3 Å². The molecule has 2 heterocycles. The summed E-state index contributed by atoms with van der Waals surface area (Å²) in [6.45, 7) is 5.24. The van der Waals surface area contributed by atoms with Crippen LogP contribution in [0.1, 0.15) is 6.42 Å². The molecule has 0 radical (unpaired) electrons. The molecule has 1 aromatic rings. The number of halogens is 1. The number of ether oxygens (including phenoxy) is 1.